The van der Waals surface area contributed by atoms with Crippen molar-refractivity contribution in [2.75, 3.05) is 18.6 Å². The fourth-order valence-electron chi connectivity index (χ4n) is 1.77. The van der Waals surface area contributed by atoms with Gasteiger partial charge in [0.25, 0.3) is 0 Å². The summed E-state index contributed by atoms with van der Waals surface area (Å²) in [6, 6.07) is -2.49. The monoisotopic (exact) mass is 376 g/mol. The standard InChI is InChI=1S/C15H28N4O5S/c1-8(2)12(16)15(24)19-10(5-6-25-4)14(23)18-9(3)13(22)17-7-11(20)21/h8-10,12H,5-7,16H2,1-4H3,(H,17,22)(H,18,23)(H,19,24)(H,20,21). The molecule has 144 valence electrons. The van der Waals surface area contributed by atoms with Crippen LogP contribution in [0.3, 0.4) is 0 Å². The van der Waals surface area contributed by atoms with Crippen molar-refractivity contribution < 1.29 is 24.3 Å². The van der Waals surface area contributed by atoms with Gasteiger partial charge in [0.1, 0.15) is 18.6 Å². The zero-order valence-electron chi connectivity index (χ0n) is 15.0. The van der Waals surface area contributed by atoms with Crippen LogP contribution in [0.5, 0.6) is 0 Å². The molecule has 9 nitrogen and oxygen atoms in total. The van der Waals surface area contributed by atoms with Crippen molar-refractivity contribution in [3.8, 4) is 0 Å². The predicted molar refractivity (Wildman–Crippen MR) is 96.0 cm³/mol. The van der Waals surface area contributed by atoms with E-state index in [0.29, 0.717) is 12.2 Å². The molecule has 0 aromatic carbocycles. The Kier molecular flexibility index (Phi) is 10.8. The molecule has 3 unspecified atom stereocenters. The van der Waals surface area contributed by atoms with Gasteiger partial charge in [0, 0.05) is 0 Å². The third kappa shape index (κ3) is 9.30. The third-order valence-corrected chi connectivity index (χ3v) is 4.07. The van der Waals surface area contributed by atoms with E-state index in [1.54, 1.807) is 13.8 Å². The van der Waals surface area contributed by atoms with Gasteiger partial charge in [-0.25, -0.2) is 0 Å². The lowest BCUT2D eigenvalue weighted by Crippen LogP contribution is -2.56. The number of thioether (sulfide) groups is 1. The molecular weight excluding hydrogens is 348 g/mol. The second kappa shape index (κ2) is 11.7. The first-order valence-corrected chi connectivity index (χ1v) is 9.34. The van der Waals surface area contributed by atoms with Crippen LogP contribution in [-0.4, -0.2) is 65.5 Å². The number of carbonyl (C=O) groups excluding carboxylic acids is 3. The molecule has 3 amide bonds. The summed E-state index contributed by atoms with van der Waals surface area (Å²) in [5, 5.41) is 15.8. The summed E-state index contributed by atoms with van der Waals surface area (Å²) < 4.78 is 0. The van der Waals surface area contributed by atoms with Crippen LogP contribution in [0.1, 0.15) is 27.2 Å². The Morgan fingerprint density at radius 1 is 1.04 bits per heavy atom. The number of hydrogen-bond acceptors (Lipinski definition) is 6. The molecule has 25 heavy (non-hydrogen) atoms. The van der Waals surface area contributed by atoms with Gasteiger partial charge < -0.3 is 26.8 Å². The minimum absolute atomic E-state index is 0.0787. The molecule has 0 saturated carbocycles. The molecule has 0 bridgehead atoms. The summed E-state index contributed by atoms with van der Waals surface area (Å²) in [4.78, 5) is 46.6. The number of rotatable bonds is 11. The smallest absolute Gasteiger partial charge is 0.322 e. The Labute approximate surface area is 151 Å². The van der Waals surface area contributed by atoms with Crippen LogP contribution in [0.4, 0.5) is 0 Å². The highest BCUT2D eigenvalue weighted by Crippen LogP contribution is 2.04. The van der Waals surface area contributed by atoms with E-state index in [1.807, 2.05) is 6.26 Å². The van der Waals surface area contributed by atoms with E-state index in [4.69, 9.17) is 10.8 Å². The molecular formula is C15H28N4O5S. The molecule has 10 heteroatoms. The largest absolute Gasteiger partial charge is 0.480 e. The van der Waals surface area contributed by atoms with Crippen LogP contribution in [0.2, 0.25) is 0 Å². The highest BCUT2D eigenvalue weighted by atomic mass is 32.2. The Hall–Kier alpha value is -1.81. The minimum atomic E-state index is -1.18. The summed E-state index contributed by atoms with van der Waals surface area (Å²) in [5.74, 6) is -2.20. The van der Waals surface area contributed by atoms with Crippen LogP contribution < -0.4 is 21.7 Å². The molecule has 0 fully saturated rings. The Balaban J connectivity index is 4.79. The number of hydrogen-bond donors (Lipinski definition) is 5. The fourth-order valence-corrected chi connectivity index (χ4v) is 2.24. The van der Waals surface area contributed by atoms with Gasteiger partial charge in [0.05, 0.1) is 6.04 Å². The van der Waals surface area contributed by atoms with E-state index in [0.717, 1.165) is 0 Å². The first-order chi connectivity index (χ1) is 11.6. The summed E-state index contributed by atoms with van der Waals surface area (Å²) in [7, 11) is 0. The van der Waals surface area contributed by atoms with Gasteiger partial charge in [0.15, 0.2) is 0 Å². The number of nitrogens with two attached hydrogens (primary N) is 1. The highest BCUT2D eigenvalue weighted by molar-refractivity contribution is 7.98. The molecule has 0 heterocycles. The van der Waals surface area contributed by atoms with E-state index in [9.17, 15) is 19.2 Å². The van der Waals surface area contributed by atoms with Crippen LogP contribution in [0.15, 0.2) is 0 Å². The number of amides is 3. The molecule has 0 aliphatic heterocycles. The summed E-state index contributed by atoms with van der Waals surface area (Å²) >= 11 is 1.52. The highest BCUT2D eigenvalue weighted by Gasteiger charge is 2.27. The molecule has 0 aromatic rings. The third-order valence-electron chi connectivity index (χ3n) is 3.43. The quantitative estimate of drug-likeness (QED) is 0.307. The molecule has 0 spiro atoms. The average molecular weight is 376 g/mol. The first-order valence-electron chi connectivity index (χ1n) is 7.94. The lowest BCUT2D eigenvalue weighted by molar-refractivity contribution is -0.138. The second-order valence-corrected chi connectivity index (χ2v) is 6.94. The Morgan fingerprint density at radius 3 is 2.12 bits per heavy atom. The number of nitrogens with one attached hydrogen (secondary N) is 3. The van der Waals surface area contributed by atoms with Crippen LogP contribution in [0, 0.1) is 5.92 Å². The van der Waals surface area contributed by atoms with Gasteiger partial charge in [-0.1, -0.05) is 13.8 Å². The SMILES string of the molecule is CSCCC(NC(=O)C(N)C(C)C)C(=O)NC(C)C(=O)NCC(=O)O. The van der Waals surface area contributed by atoms with Gasteiger partial charge in [-0.2, -0.15) is 11.8 Å². The average Bonchev–Trinajstić information content (AvgIpc) is 2.54. The zero-order chi connectivity index (χ0) is 19.6. The topological polar surface area (TPSA) is 151 Å². The molecule has 0 saturated heterocycles. The Morgan fingerprint density at radius 2 is 1.64 bits per heavy atom. The van der Waals surface area contributed by atoms with Crippen molar-refractivity contribution >= 4 is 35.5 Å². The van der Waals surface area contributed by atoms with Crippen molar-refractivity contribution in [2.45, 2.75) is 45.3 Å². The van der Waals surface area contributed by atoms with E-state index in [-0.39, 0.29) is 5.92 Å². The van der Waals surface area contributed by atoms with Gasteiger partial charge >= 0.3 is 5.97 Å². The number of carboxylic acid groups (broad SMARTS) is 1. The maximum absolute atomic E-state index is 12.4. The summed E-state index contributed by atoms with van der Waals surface area (Å²) in [5.41, 5.74) is 5.79. The van der Waals surface area contributed by atoms with Crippen molar-refractivity contribution in [3.05, 3.63) is 0 Å². The van der Waals surface area contributed by atoms with Gasteiger partial charge in [-0.3, -0.25) is 19.2 Å². The zero-order valence-corrected chi connectivity index (χ0v) is 15.8. The second-order valence-electron chi connectivity index (χ2n) is 5.95. The van der Waals surface area contributed by atoms with Crippen LogP contribution in [0.25, 0.3) is 0 Å². The first kappa shape index (κ1) is 23.2. The normalized spacial score (nSPS) is 14.3. The molecule has 0 aromatic heterocycles. The van der Waals surface area contributed by atoms with Crippen molar-refractivity contribution in [3.63, 3.8) is 0 Å². The predicted octanol–water partition coefficient (Wildman–Crippen LogP) is -1.09. The van der Waals surface area contributed by atoms with E-state index < -0.39 is 48.4 Å². The van der Waals surface area contributed by atoms with Crippen LogP contribution in [-0.2, 0) is 19.2 Å². The summed E-state index contributed by atoms with van der Waals surface area (Å²) in [6.45, 7) is 4.50. The number of carbonyl (C=O) groups is 4. The Bertz CT molecular complexity index is 487. The molecule has 0 radical (unpaired) electrons. The number of carboxylic acids is 1. The molecule has 3 atom stereocenters. The minimum Gasteiger partial charge on any atom is -0.480 e. The number of aliphatic carboxylic acids is 1. The summed E-state index contributed by atoms with van der Waals surface area (Å²) in [6.07, 6.45) is 2.26. The lowest BCUT2D eigenvalue weighted by Gasteiger charge is -2.23. The lowest BCUT2D eigenvalue weighted by atomic mass is 10.0. The van der Waals surface area contributed by atoms with Gasteiger partial charge in [-0.15, -0.1) is 0 Å². The van der Waals surface area contributed by atoms with Crippen molar-refractivity contribution in [1.82, 2.24) is 16.0 Å². The fraction of sp³-hybridized carbons (Fsp3) is 0.733. The van der Waals surface area contributed by atoms with Crippen molar-refractivity contribution in [1.29, 1.82) is 0 Å². The van der Waals surface area contributed by atoms with Gasteiger partial charge in [0.2, 0.25) is 17.7 Å². The molecule has 0 aliphatic rings. The maximum atomic E-state index is 12.4. The van der Waals surface area contributed by atoms with Gasteiger partial charge in [-0.05, 0) is 31.3 Å². The molecule has 6 N–H and O–H groups in total. The molecule has 0 aliphatic carbocycles. The van der Waals surface area contributed by atoms with E-state index in [1.165, 1.54) is 18.7 Å². The van der Waals surface area contributed by atoms with E-state index in [2.05, 4.69) is 16.0 Å². The maximum Gasteiger partial charge on any atom is 0.322 e. The van der Waals surface area contributed by atoms with Crippen molar-refractivity contribution in [2.24, 2.45) is 11.7 Å². The van der Waals surface area contributed by atoms with E-state index >= 15 is 0 Å². The molecule has 0 rings (SSSR count). The van der Waals surface area contributed by atoms with Crippen LogP contribution >= 0.6 is 11.8 Å².